The smallest absolute Gasteiger partial charge is 0.240 e. The zero-order chi connectivity index (χ0) is 21.1. The van der Waals surface area contributed by atoms with Gasteiger partial charge in [-0.2, -0.15) is 5.10 Å². The molecule has 1 aromatic rings. The third kappa shape index (κ3) is 2.84. The predicted octanol–water partition coefficient (Wildman–Crippen LogP) is 2.22. The van der Waals surface area contributed by atoms with E-state index in [1.807, 2.05) is 6.08 Å². The van der Waals surface area contributed by atoms with Crippen molar-refractivity contribution in [1.29, 1.82) is 0 Å². The van der Waals surface area contributed by atoms with Gasteiger partial charge in [-0.1, -0.05) is 26.8 Å². The van der Waals surface area contributed by atoms with Gasteiger partial charge in [0, 0.05) is 17.2 Å². The number of benzene rings is 1. The normalized spacial score (nSPS) is 28.0. The van der Waals surface area contributed by atoms with Crippen molar-refractivity contribution in [2.24, 2.45) is 22.4 Å². The molecule has 150 valence electrons. The Morgan fingerprint density at radius 1 is 1.00 bits per heavy atom. The molecular formula is C22H23N3O4. The summed E-state index contributed by atoms with van der Waals surface area (Å²) in [7, 11) is 0. The van der Waals surface area contributed by atoms with Gasteiger partial charge < -0.3 is 0 Å². The van der Waals surface area contributed by atoms with E-state index < -0.39 is 35.2 Å². The Labute approximate surface area is 169 Å². The molecule has 29 heavy (non-hydrogen) atoms. The Bertz CT molecular complexity index is 971. The van der Waals surface area contributed by atoms with Crippen LogP contribution in [0.25, 0.3) is 0 Å². The third-order valence-electron chi connectivity index (χ3n) is 5.83. The number of hydrazone groups is 1. The van der Waals surface area contributed by atoms with Crippen molar-refractivity contribution in [1.82, 2.24) is 5.01 Å². The Balaban J connectivity index is 1.75. The monoisotopic (exact) mass is 393 g/mol. The summed E-state index contributed by atoms with van der Waals surface area (Å²) in [5, 5.41) is 5.95. The Morgan fingerprint density at radius 2 is 1.62 bits per heavy atom. The molecule has 2 amide bonds. The molecule has 2 saturated heterocycles. The number of hydrogen-bond donors (Lipinski definition) is 0. The highest BCUT2D eigenvalue weighted by Gasteiger charge is 2.64. The van der Waals surface area contributed by atoms with E-state index in [9.17, 15) is 19.2 Å². The van der Waals surface area contributed by atoms with E-state index in [0.717, 1.165) is 4.90 Å². The van der Waals surface area contributed by atoms with Crippen LogP contribution in [0.2, 0.25) is 0 Å². The summed E-state index contributed by atoms with van der Waals surface area (Å²) in [5.74, 6) is -2.39. The van der Waals surface area contributed by atoms with E-state index in [-0.39, 0.29) is 17.5 Å². The van der Waals surface area contributed by atoms with Crippen LogP contribution in [0.1, 0.15) is 38.1 Å². The molecule has 3 heterocycles. The van der Waals surface area contributed by atoms with Crippen LogP contribution in [0.15, 0.2) is 41.5 Å². The van der Waals surface area contributed by atoms with Crippen molar-refractivity contribution in [3.8, 4) is 0 Å². The van der Waals surface area contributed by atoms with Gasteiger partial charge in [0.15, 0.2) is 11.6 Å². The SMILES string of the molecule is CC(=O)c1ccc(N2C(=O)C3C(C2=O)C(C(=O)C(C)(C)C)N2N=CC=CC32)cc1. The van der Waals surface area contributed by atoms with Crippen LogP contribution in [0.5, 0.6) is 0 Å². The summed E-state index contributed by atoms with van der Waals surface area (Å²) in [5.41, 5.74) is 0.237. The number of fused-ring (bicyclic) bond motifs is 3. The number of carbonyl (C=O) groups excluding carboxylic acids is 4. The number of rotatable bonds is 3. The van der Waals surface area contributed by atoms with Gasteiger partial charge >= 0.3 is 0 Å². The summed E-state index contributed by atoms with van der Waals surface area (Å²) < 4.78 is 0. The molecule has 0 radical (unpaired) electrons. The molecule has 0 N–H and O–H groups in total. The zero-order valence-electron chi connectivity index (χ0n) is 16.8. The number of hydrogen-bond acceptors (Lipinski definition) is 6. The number of ketones is 2. The summed E-state index contributed by atoms with van der Waals surface area (Å²) >= 11 is 0. The Kier molecular flexibility index (Phi) is 4.29. The second kappa shape index (κ2) is 6.47. The first-order chi connectivity index (χ1) is 13.6. The number of anilines is 1. The van der Waals surface area contributed by atoms with Gasteiger partial charge in [-0.25, -0.2) is 4.90 Å². The minimum Gasteiger partial charge on any atom is -0.297 e. The van der Waals surface area contributed by atoms with E-state index >= 15 is 0 Å². The molecule has 7 heteroatoms. The fourth-order valence-corrected chi connectivity index (χ4v) is 4.38. The first-order valence-corrected chi connectivity index (χ1v) is 9.65. The largest absolute Gasteiger partial charge is 0.297 e. The lowest BCUT2D eigenvalue weighted by molar-refractivity contribution is -0.136. The topological polar surface area (TPSA) is 87.1 Å². The van der Waals surface area contributed by atoms with Gasteiger partial charge in [-0.05, 0) is 37.3 Å². The molecule has 0 aliphatic carbocycles. The second-order valence-electron chi connectivity index (χ2n) is 8.75. The van der Waals surface area contributed by atoms with Crippen LogP contribution in [-0.2, 0) is 14.4 Å². The fourth-order valence-electron chi connectivity index (χ4n) is 4.38. The molecule has 4 atom stereocenters. The molecule has 3 aliphatic heterocycles. The van der Waals surface area contributed by atoms with Crippen molar-refractivity contribution in [2.75, 3.05) is 4.90 Å². The second-order valence-corrected chi connectivity index (χ2v) is 8.75. The molecule has 2 fully saturated rings. The standard InChI is InChI=1S/C22H23N3O4/c1-12(26)13-7-9-14(10-8-13)24-20(28)16-15-6-5-11-23-25(15)18(17(16)21(24)29)19(27)22(2,3)4/h5-11,15-18H,1-4H3. The van der Waals surface area contributed by atoms with Gasteiger partial charge in [-0.3, -0.25) is 24.2 Å². The molecule has 0 bridgehead atoms. The van der Waals surface area contributed by atoms with Crippen molar-refractivity contribution < 1.29 is 19.2 Å². The first kappa shape index (κ1) is 19.2. The molecule has 4 unspecified atom stereocenters. The molecule has 1 aromatic carbocycles. The first-order valence-electron chi connectivity index (χ1n) is 9.65. The molecule has 0 aromatic heterocycles. The van der Waals surface area contributed by atoms with E-state index in [1.54, 1.807) is 62.3 Å². The van der Waals surface area contributed by atoms with Crippen LogP contribution in [-0.4, -0.2) is 46.7 Å². The van der Waals surface area contributed by atoms with Gasteiger partial charge in [0.2, 0.25) is 11.8 Å². The summed E-state index contributed by atoms with van der Waals surface area (Å²) in [6.45, 7) is 6.88. The number of nitrogens with zero attached hydrogens (tertiary/aromatic N) is 3. The number of amides is 2. The Morgan fingerprint density at radius 3 is 2.21 bits per heavy atom. The Hall–Kier alpha value is -3.09. The van der Waals surface area contributed by atoms with E-state index in [4.69, 9.17) is 0 Å². The highest BCUT2D eigenvalue weighted by molar-refractivity contribution is 6.24. The zero-order valence-corrected chi connectivity index (χ0v) is 16.8. The lowest BCUT2D eigenvalue weighted by Crippen LogP contribution is -2.49. The summed E-state index contributed by atoms with van der Waals surface area (Å²) in [6.07, 6.45) is 5.14. The maximum atomic E-state index is 13.4. The number of allylic oxidation sites excluding steroid dienone is 1. The molecule has 4 rings (SSSR count). The summed E-state index contributed by atoms with van der Waals surface area (Å²) in [6, 6.07) is 5.17. The van der Waals surface area contributed by atoms with Crippen molar-refractivity contribution in [3.05, 3.63) is 42.0 Å². The van der Waals surface area contributed by atoms with E-state index in [2.05, 4.69) is 5.10 Å². The number of Topliss-reactive ketones (excluding diaryl/α,β-unsaturated/α-hetero) is 2. The van der Waals surface area contributed by atoms with Gasteiger partial charge in [0.1, 0.15) is 6.04 Å². The van der Waals surface area contributed by atoms with Crippen molar-refractivity contribution in [3.63, 3.8) is 0 Å². The summed E-state index contributed by atoms with van der Waals surface area (Å²) in [4.78, 5) is 52.6. The fraction of sp³-hybridized carbons (Fsp3) is 0.409. The van der Waals surface area contributed by atoms with E-state index in [0.29, 0.717) is 11.3 Å². The average molecular weight is 393 g/mol. The van der Waals surface area contributed by atoms with Crippen molar-refractivity contribution in [2.45, 2.75) is 39.8 Å². The minimum absolute atomic E-state index is 0.0934. The van der Waals surface area contributed by atoms with Crippen LogP contribution in [0.3, 0.4) is 0 Å². The van der Waals surface area contributed by atoms with Gasteiger partial charge in [0.05, 0.1) is 23.6 Å². The number of imide groups is 1. The maximum absolute atomic E-state index is 13.4. The predicted molar refractivity (Wildman–Crippen MR) is 107 cm³/mol. The third-order valence-corrected chi connectivity index (χ3v) is 5.83. The highest BCUT2D eigenvalue weighted by atomic mass is 16.2. The lowest BCUT2D eigenvalue weighted by Gasteiger charge is -2.33. The highest BCUT2D eigenvalue weighted by Crippen LogP contribution is 2.47. The quantitative estimate of drug-likeness (QED) is 0.580. The van der Waals surface area contributed by atoms with Gasteiger partial charge in [0.25, 0.3) is 0 Å². The average Bonchev–Trinajstić information content (AvgIpc) is 3.14. The maximum Gasteiger partial charge on any atom is 0.240 e. The van der Waals surface area contributed by atoms with Crippen LogP contribution in [0.4, 0.5) is 5.69 Å². The molecule has 0 saturated carbocycles. The van der Waals surface area contributed by atoms with E-state index in [1.165, 1.54) is 6.92 Å². The molecule has 3 aliphatic rings. The molecular weight excluding hydrogens is 370 g/mol. The van der Waals surface area contributed by atoms with Crippen LogP contribution < -0.4 is 4.90 Å². The molecule has 7 nitrogen and oxygen atoms in total. The van der Waals surface area contributed by atoms with Gasteiger partial charge in [-0.15, -0.1) is 0 Å². The minimum atomic E-state index is -0.788. The van der Waals surface area contributed by atoms with Crippen LogP contribution >= 0.6 is 0 Å². The number of carbonyl (C=O) groups is 4. The molecule has 0 spiro atoms. The van der Waals surface area contributed by atoms with Crippen LogP contribution in [0, 0.1) is 17.3 Å². The van der Waals surface area contributed by atoms with Crippen molar-refractivity contribution >= 4 is 35.3 Å². The lowest BCUT2D eigenvalue weighted by atomic mass is 9.80.